The van der Waals surface area contributed by atoms with Gasteiger partial charge in [0, 0.05) is 12.6 Å². The van der Waals surface area contributed by atoms with Gasteiger partial charge in [-0.15, -0.1) is 11.3 Å². The quantitative estimate of drug-likeness (QED) is 0.251. The minimum absolute atomic E-state index is 0.0683. The predicted molar refractivity (Wildman–Crippen MR) is 145 cm³/mol. The maximum absolute atomic E-state index is 13.4. The number of carboxylic acids is 1. The number of nitrogens with zero attached hydrogens (tertiary/aromatic N) is 1. The molecule has 37 heavy (non-hydrogen) atoms. The number of aliphatic carboxylic acids is 1. The highest BCUT2D eigenvalue weighted by Crippen LogP contribution is 2.31. The van der Waals surface area contributed by atoms with Gasteiger partial charge in [0.25, 0.3) is 0 Å². The Labute approximate surface area is 224 Å². The molecule has 1 aliphatic carbocycles. The number of aromatic hydroxyl groups is 1. The number of hydrogen-bond acceptors (Lipinski definition) is 7. The molecule has 0 aliphatic heterocycles. The van der Waals surface area contributed by atoms with Crippen LogP contribution in [0.3, 0.4) is 0 Å². The van der Waals surface area contributed by atoms with Crippen LogP contribution in [0.5, 0.6) is 5.75 Å². The molecule has 10 heteroatoms. The second kappa shape index (κ2) is 11.8. The highest BCUT2D eigenvalue weighted by atomic mass is 32.1. The van der Waals surface area contributed by atoms with E-state index in [1.54, 1.807) is 29.7 Å². The lowest BCUT2D eigenvalue weighted by Crippen LogP contribution is -2.61. The zero-order valence-corrected chi connectivity index (χ0v) is 21.8. The van der Waals surface area contributed by atoms with E-state index in [-0.39, 0.29) is 12.2 Å². The van der Waals surface area contributed by atoms with Crippen molar-refractivity contribution in [2.45, 2.75) is 55.4 Å². The zero-order valence-electron chi connectivity index (χ0n) is 20.1. The number of amides is 2. The first-order valence-electron chi connectivity index (χ1n) is 12.1. The van der Waals surface area contributed by atoms with E-state index in [1.165, 1.54) is 12.1 Å². The van der Waals surface area contributed by atoms with E-state index in [0.717, 1.165) is 29.0 Å². The van der Waals surface area contributed by atoms with Crippen LogP contribution in [0.2, 0.25) is 0 Å². The number of aromatic nitrogens is 1. The van der Waals surface area contributed by atoms with Crippen molar-refractivity contribution in [1.82, 2.24) is 15.6 Å². The van der Waals surface area contributed by atoms with Crippen molar-refractivity contribution in [3.63, 3.8) is 0 Å². The molecule has 2 heterocycles. The minimum Gasteiger partial charge on any atom is -0.508 e. The van der Waals surface area contributed by atoms with Gasteiger partial charge in [-0.25, -0.2) is 4.79 Å². The van der Waals surface area contributed by atoms with Crippen LogP contribution in [0.15, 0.2) is 60.1 Å². The largest absolute Gasteiger partial charge is 0.508 e. The van der Waals surface area contributed by atoms with Crippen LogP contribution >= 0.6 is 24.0 Å². The smallest absolute Gasteiger partial charge is 0.326 e. The number of carboxylic acid groups (broad SMARTS) is 1. The minimum atomic E-state index is -1.18. The molecule has 0 bridgehead atoms. The normalized spacial score (nSPS) is 16.0. The maximum atomic E-state index is 13.4. The summed E-state index contributed by atoms with van der Waals surface area (Å²) in [5, 5.41) is 26.1. The number of benzene rings is 1. The van der Waals surface area contributed by atoms with E-state index in [1.807, 2.05) is 29.6 Å². The Kier molecular flexibility index (Phi) is 8.50. The Bertz CT molecular complexity index is 1220. The third-order valence-electron chi connectivity index (χ3n) is 6.56. The Hall–Kier alpha value is -3.37. The van der Waals surface area contributed by atoms with E-state index >= 15 is 0 Å². The highest BCUT2D eigenvalue weighted by Gasteiger charge is 2.44. The van der Waals surface area contributed by atoms with Gasteiger partial charge in [-0.05, 0) is 60.0 Å². The Morgan fingerprint density at radius 1 is 1.03 bits per heavy atom. The fraction of sp³-hybridized carbons (Fsp3) is 0.333. The molecule has 2 amide bonds. The fourth-order valence-electron chi connectivity index (χ4n) is 4.50. The molecule has 0 radical (unpaired) electrons. The van der Waals surface area contributed by atoms with Crippen molar-refractivity contribution in [3.05, 3.63) is 71.2 Å². The monoisotopic (exact) mass is 539 g/mol. The second-order valence-electron chi connectivity index (χ2n) is 9.26. The SMILES string of the molecule is O=C(NC1(C(=O)N[C@@H](Cc2ccc(-c3cccs3)nc2)C(=O)O)CCCC1)C(S)Cc1ccc(O)cc1. The molecular formula is C27H29N3O5S2. The molecule has 1 aliphatic rings. The van der Waals surface area contributed by atoms with Gasteiger partial charge in [-0.2, -0.15) is 12.6 Å². The van der Waals surface area contributed by atoms with Gasteiger partial charge in [-0.3, -0.25) is 14.6 Å². The number of nitrogens with one attached hydrogen (secondary N) is 2. The summed E-state index contributed by atoms with van der Waals surface area (Å²) in [6, 6.07) is 12.9. The second-order valence-corrected chi connectivity index (χ2v) is 10.8. The lowest BCUT2D eigenvalue weighted by Gasteiger charge is -2.31. The number of thiol groups is 1. The van der Waals surface area contributed by atoms with Crippen LogP contribution in [0.1, 0.15) is 36.8 Å². The van der Waals surface area contributed by atoms with E-state index in [0.29, 0.717) is 24.8 Å². The molecule has 1 saturated carbocycles. The molecule has 1 aromatic carbocycles. The summed E-state index contributed by atoms with van der Waals surface area (Å²) in [5.74, 6) is -1.92. The van der Waals surface area contributed by atoms with Gasteiger partial charge >= 0.3 is 5.97 Å². The third-order valence-corrected chi connectivity index (χ3v) is 7.87. The first-order chi connectivity index (χ1) is 17.8. The van der Waals surface area contributed by atoms with Gasteiger partial charge in [0.15, 0.2) is 0 Å². The van der Waals surface area contributed by atoms with Crippen molar-refractivity contribution in [3.8, 4) is 16.3 Å². The maximum Gasteiger partial charge on any atom is 0.326 e. The Balaban J connectivity index is 1.41. The molecule has 2 aromatic heterocycles. The molecule has 194 valence electrons. The van der Waals surface area contributed by atoms with E-state index in [4.69, 9.17) is 0 Å². The van der Waals surface area contributed by atoms with Crippen molar-refractivity contribution in [1.29, 1.82) is 0 Å². The van der Waals surface area contributed by atoms with Gasteiger partial charge in [0.05, 0.1) is 15.8 Å². The molecule has 0 spiro atoms. The van der Waals surface area contributed by atoms with Crippen LogP contribution < -0.4 is 10.6 Å². The number of phenolic OH excluding ortho intramolecular Hbond substituents is 1. The number of carbonyl (C=O) groups is 3. The number of hydrogen-bond donors (Lipinski definition) is 5. The predicted octanol–water partition coefficient (Wildman–Crippen LogP) is 3.60. The van der Waals surface area contributed by atoms with Gasteiger partial charge < -0.3 is 20.8 Å². The highest BCUT2D eigenvalue weighted by molar-refractivity contribution is 7.81. The van der Waals surface area contributed by atoms with Crippen molar-refractivity contribution < 1.29 is 24.6 Å². The van der Waals surface area contributed by atoms with Crippen LogP contribution in [-0.2, 0) is 27.2 Å². The van der Waals surface area contributed by atoms with Gasteiger partial charge in [-0.1, -0.05) is 37.1 Å². The van der Waals surface area contributed by atoms with Gasteiger partial charge in [0.1, 0.15) is 17.3 Å². The third kappa shape index (κ3) is 6.69. The van der Waals surface area contributed by atoms with Crippen LogP contribution in [0.4, 0.5) is 0 Å². The molecule has 1 fully saturated rings. The molecule has 4 rings (SSSR count). The molecule has 4 N–H and O–H groups in total. The zero-order chi connectivity index (χ0) is 26.4. The average molecular weight is 540 g/mol. The lowest BCUT2D eigenvalue weighted by atomic mass is 9.94. The fourth-order valence-corrected chi connectivity index (χ4v) is 5.48. The first kappa shape index (κ1) is 26.7. The summed E-state index contributed by atoms with van der Waals surface area (Å²) < 4.78 is 0. The van der Waals surface area contributed by atoms with Crippen molar-refractivity contribution in [2.75, 3.05) is 0 Å². The molecule has 0 saturated heterocycles. The summed E-state index contributed by atoms with van der Waals surface area (Å²) in [7, 11) is 0. The van der Waals surface area contributed by atoms with Crippen LogP contribution in [0.25, 0.3) is 10.6 Å². The number of rotatable bonds is 10. The van der Waals surface area contributed by atoms with Crippen LogP contribution in [0, 0.1) is 0 Å². The Morgan fingerprint density at radius 3 is 2.32 bits per heavy atom. The average Bonchev–Trinajstić information content (AvgIpc) is 3.59. The first-order valence-corrected chi connectivity index (χ1v) is 13.5. The summed E-state index contributed by atoms with van der Waals surface area (Å²) in [6.45, 7) is 0. The van der Waals surface area contributed by atoms with Crippen molar-refractivity contribution >= 4 is 41.7 Å². The van der Waals surface area contributed by atoms with Gasteiger partial charge in [0.2, 0.25) is 11.8 Å². The van der Waals surface area contributed by atoms with E-state index < -0.39 is 34.6 Å². The number of thiophene rings is 1. The molecule has 8 nitrogen and oxygen atoms in total. The summed E-state index contributed by atoms with van der Waals surface area (Å²) in [4.78, 5) is 43.8. The summed E-state index contributed by atoms with van der Waals surface area (Å²) in [5.41, 5.74) is 1.13. The Morgan fingerprint density at radius 2 is 1.73 bits per heavy atom. The summed E-state index contributed by atoms with van der Waals surface area (Å²) in [6.07, 6.45) is 4.35. The van der Waals surface area contributed by atoms with Crippen LogP contribution in [-0.4, -0.2) is 49.8 Å². The number of phenols is 1. The number of carbonyl (C=O) groups excluding carboxylic acids is 2. The van der Waals surface area contributed by atoms with Crippen molar-refractivity contribution in [2.24, 2.45) is 0 Å². The molecule has 2 atom stereocenters. The van der Waals surface area contributed by atoms with E-state index in [9.17, 15) is 24.6 Å². The lowest BCUT2D eigenvalue weighted by molar-refractivity contribution is -0.143. The molecule has 1 unspecified atom stereocenters. The molecule has 3 aromatic rings. The standard InChI is InChI=1S/C27H29N3O5S2/c31-19-8-5-17(6-9-19)15-22(36)24(32)30-27(11-1-2-12-27)26(35)29-21(25(33)34)14-18-7-10-20(28-16-18)23-4-3-13-37-23/h3-10,13,16,21-22,31,36H,1-2,11-12,14-15H2,(H,29,35)(H,30,32)(H,33,34)/t21-,22?/m0/s1. The number of pyridine rings is 1. The van der Waals surface area contributed by atoms with E-state index in [2.05, 4.69) is 28.2 Å². The summed E-state index contributed by atoms with van der Waals surface area (Å²) >= 11 is 6.00. The molecular weight excluding hydrogens is 510 g/mol. The topological polar surface area (TPSA) is 129 Å².